The lowest BCUT2D eigenvalue weighted by molar-refractivity contribution is -0.117. The number of anilines is 1. The van der Waals surface area contributed by atoms with Gasteiger partial charge in [-0.15, -0.1) is 24.8 Å². The highest BCUT2D eigenvalue weighted by Gasteiger charge is 2.22. The summed E-state index contributed by atoms with van der Waals surface area (Å²) in [6.45, 7) is 3.67. The van der Waals surface area contributed by atoms with E-state index < -0.39 is 0 Å². The number of aliphatic hydroxyl groups excluding tert-OH is 1. The smallest absolute Gasteiger partial charge is 0.241 e. The van der Waals surface area contributed by atoms with Crippen LogP contribution in [0.15, 0.2) is 24.3 Å². The Hall–Kier alpha value is -0.850. The molecular formula is C17H27Cl2N3O2. The molecule has 0 saturated carbocycles. The highest BCUT2D eigenvalue weighted by atomic mass is 35.5. The summed E-state index contributed by atoms with van der Waals surface area (Å²) in [5.41, 5.74) is 2.07. The van der Waals surface area contributed by atoms with Crippen LogP contribution < -0.4 is 10.6 Å². The van der Waals surface area contributed by atoms with Gasteiger partial charge in [0.05, 0.1) is 12.1 Å². The number of nitrogens with zero attached hydrogens (tertiary/aromatic N) is 1. The number of carbonyl (C=O) groups is 1. The number of piperidine rings is 1. The van der Waals surface area contributed by atoms with Gasteiger partial charge in [0.1, 0.15) is 0 Å². The molecule has 5 nitrogen and oxygen atoms in total. The average Bonchev–Trinajstić information content (AvgIpc) is 3.04. The second-order valence-electron chi connectivity index (χ2n) is 6.35. The van der Waals surface area contributed by atoms with Gasteiger partial charge in [-0.25, -0.2) is 0 Å². The summed E-state index contributed by atoms with van der Waals surface area (Å²) in [4.78, 5) is 14.5. The molecular weight excluding hydrogens is 349 g/mol. The largest absolute Gasteiger partial charge is 0.393 e. The fraction of sp³-hybridized carbons (Fsp3) is 0.588. The number of aliphatic hydroxyl groups is 1. The van der Waals surface area contributed by atoms with Crippen molar-refractivity contribution >= 4 is 36.4 Å². The predicted molar refractivity (Wildman–Crippen MR) is 101 cm³/mol. The van der Waals surface area contributed by atoms with Crippen molar-refractivity contribution in [1.82, 2.24) is 10.2 Å². The Balaban J connectivity index is 0.00000144. The predicted octanol–water partition coefficient (Wildman–Crippen LogP) is 2.18. The lowest BCUT2D eigenvalue weighted by Crippen LogP contribution is -2.36. The number of rotatable bonds is 4. The summed E-state index contributed by atoms with van der Waals surface area (Å²) in [6.07, 6.45) is 3.55. The van der Waals surface area contributed by atoms with Crippen LogP contribution in [-0.4, -0.2) is 47.7 Å². The van der Waals surface area contributed by atoms with Crippen molar-refractivity contribution in [2.24, 2.45) is 0 Å². The number of halogens is 2. The van der Waals surface area contributed by atoms with Gasteiger partial charge in [0.2, 0.25) is 5.91 Å². The molecule has 0 spiro atoms. The molecule has 2 saturated heterocycles. The Morgan fingerprint density at radius 3 is 2.67 bits per heavy atom. The van der Waals surface area contributed by atoms with E-state index in [9.17, 15) is 9.90 Å². The highest BCUT2D eigenvalue weighted by molar-refractivity contribution is 5.95. The molecule has 24 heavy (non-hydrogen) atoms. The number of nitrogens with one attached hydrogen (secondary N) is 2. The minimum atomic E-state index is -0.138. The summed E-state index contributed by atoms with van der Waals surface area (Å²) >= 11 is 0. The molecule has 0 radical (unpaired) electrons. The first-order valence-corrected chi connectivity index (χ1v) is 8.24. The minimum absolute atomic E-state index is 0. The lowest BCUT2D eigenvalue weighted by atomic mass is 10.1. The van der Waals surface area contributed by atoms with Crippen molar-refractivity contribution in [2.75, 3.05) is 25.0 Å². The Morgan fingerprint density at radius 1 is 1.25 bits per heavy atom. The van der Waals surface area contributed by atoms with E-state index in [-0.39, 0.29) is 42.9 Å². The third kappa shape index (κ3) is 5.90. The Kier molecular flexibility index (Phi) is 9.02. The molecule has 3 N–H and O–H groups in total. The Morgan fingerprint density at radius 2 is 2.00 bits per heavy atom. The summed E-state index contributed by atoms with van der Waals surface area (Å²) in [5, 5.41) is 15.8. The summed E-state index contributed by atoms with van der Waals surface area (Å²) in [5.74, 6) is 0.0655. The van der Waals surface area contributed by atoms with Crippen LogP contribution in [0.3, 0.4) is 0 Å². The van der Waals surface area contributed by atoms with Crippen molar-refractivity contribution in [3.05, 3.63) is 29.8 Å². The lowest BCUT2D eigenvalue weighted by Gasteiger charge is -2.29. The average molecular weight is 376 g/mol. The zero-order chi connectivity index (χ0) is 15.4. The second-order valence-corrected chi connectivity index (χ2v) is 6.35. The van der Waals surface area contributed by atoms with Crippen LogP contribution in [0, 0.1) is 0 Å². The molecule has 1 aromatic rings. The first-order chi connectivity index (χ1) is 10.7. The van der Waals surface area contributed by atoms with E-state index in [1.54, 1.807) is 0 Å². The third-order valence-corrected chi connectivity index (χ3v) is 4.53. The Labute approximate surface area is 156 Å². The molecule has 7 heteroatoms. The van der Waals surface area contributed by atoms with Crippen LogP contribution in [0.5, 0.6) is 0 Å². The number of amides is 1. The van der Waals surface area contributed by atoms with Crippen LogP contribution in [0.4, 0.5) is 5.69 Å². The van der Waals surface area contributed by atoms with Crippen molar-refractivity contribution in [2.45, 2.75) is 44.4 Å². The summed E-state index contributed by atoms with van der Waals surface area (Å²) in [6, 6.07) is 8.03. The van der Waals surface area contributed by atoms with Crippen molar-refractivity contribution in [1.29, 1.82) is 0 Å². The maximum absolute atomic E-state index is 12.1. The van der Waals surface area contributed by atoms with Gasteiger partial charge in [0.25, 0.3) is 0 Å². The van der Waals surface area contributed by atoms with Crippen LogP contribution in [0.2, 0.25) is 0 Å². The molecule has 3 rings (SSSR count). The maximum Gasteiger partial charge on any atom is 0.241 e. The highest BCUT2D eigenvalue weighted by Crippen LogP contribution is 2.17. The van der Waals surface area contributed by atoms with Gasteiger partial charge in [-0.3, -0.25) is 9.69 Å². The topological polar surface area (TPSA) is 64.6 Å². The van der Waals surface area contributed by atoms with Gasteiger partial charge in [0, 0.05) is 25.3 Å². The van der Waals surface area contributed by atoms with Crippen LogP contribution >= 0.6 is 24.8 Å². The normalized spacial score (nSPS) is 21.6. The standard InChI is InChI=1S/C17H25N3O2.2ClH/c21-15-6-9-20(10-7-15)12-13-3-1-4-14(11-13)19-17(22)16-5-2-8-18-16;;/h1,3-4,11,15-16,18,21H,2,5-10,12H2,(H,19,22);2*1H. The van der Waals surface area contributed by atoms with E-state index in [2.05, 4.69) is 27.7 Å². The molecule has 1 atom stereocenters. The van der Waals surface area contributed by atoms with Crippen molar-refractivity contribution < 1.29 is 9.90 Å². The summed E-state index contributed by atoms with van der Waals surface area (Å²) < 4.78 is 0. The van der Waals surface area contributed by atoms with E-state index in [1.807, 2.05) is 12.1 Å². The van der Waals surface area contributed by atoms with E-state index in [0.29, 0.717) is 0 Å². The van der Waals surface area contributed by atoms with Crippen LogP contribution in [-0.2, 0) is 11.3 Å². The molecule has 2 heterocycles. The van der Waals surface area contributed by atoms with E-state index in [4.69, 9.17) is 0 Å². The van der Waals surface area contributed by atoms with E-state index in [1.165, 1.54) is 5.56 Å². The monoisotopic (exact) mass is 375 g/mol. The van der Waals surface area contributed by atoms with E-state index >= 15 is 0 Å². The van der Waals surface area contributed by atoms with Crippen molar-refractivity contribution in [3.63, 3.8) is 0 Å². The number of carbonyl (C=O) groups excluding carboxylic acids is 1. The molecule has 1 amide bonds. The molecule has 2 aliphatic rings. The zero-order valence-corrected chi connectivity index (χ0v) is 15.4. The molecule has 0 aromatic heterocycles. The second kappa shape index (κ2) is 10.2. The third-order valence-electron chi connectivity index (χ3n) is 4.53. The SMILES string of the molecule is Cl.Cl.O=C(Nc1cccc(CN2CCC(O)CC2)c1)C1CCCN1. The van der Waals surface area contributed by atoms with Crippen LogP contribution in [0.25, 0.3) is 0 Å². The molecule has 2 aliphatic heterocycles. The van der Waals surface area contributed by atoms with Crippen molar-refractivity contribution in [3.8, 4) is 0 Å². The van der Waals surface area contributed by atoms with Gasteiger partial charge in [-0.1, -0.05) is 12.1 Å². The van der Waals surface area contributed by atoms with Gasteiger partial charge < -0.3 is 15.7 Å². The number of benzene rings is 1. The van der Waals surface area contributed by atoms with Crippen LogP contribution in [0.1, 0.15) is 31.2 Å². The van der Waals surface area contributed by atoms with Gasteiger partial charge in [-0.2, -0.15) is 0 Å². The number of likely N-dealkylation sites (tertiary alicyclic amines) is 1. The Bertz CT molecular complexity index is 516. The molecule has 1 unspecified atom stereocenters. The fourth-order valence-electron chi connectivity index (χ4n) is 3.22. The fourth-order valence-corrected chi connectivity index (χ4v) is 3.22. The minimum Gasteiger partial charge on any atom is -0.393 e. The van der Waals surface area contributed by atoms with Gasteiger partial charge in [-0.05, 0) is 49.9 Å². The zero-order valence-electron chi connectivity index (χ0n) is 13.7. The van der Waals surface area contributed by atoms with Gasteiger partial charge in [0.15, 0.2) is 0 Å². The number of hydrogen-bond acceptors (Lipinski definition) is 4. The number of hydrogen-bond donors (Lipinski definition) is 3. The maximum atomic E-state index is 12.1. The quantitative estimate of drug-likeness (QED) is 0.754. The van der Waals surface area contributed by atoms with E-state index in [0.717, 1.165) is 57.5 Å². The molecule has 0 bridgehead atoms. The molecule has 2 fully saturated rings. The first kappa shape index (κ1) is 21.2. The molecule has 1 aromatic carbocycles. The first-order valence-electron chi connectivity index (χ1n) is 8.24. The molecule has 136 valence electrons. The van der Waals surface area contributed by atoms with Gasteiger partial charge >= 0.3 is 0 Å². The molecule has 0 aliphatic carbocycles. The summed E-state index contributed by atoms with van der Waals surface area (Å²) in [7, 11) is 0.